The molecule has 92 valence electrons. The summed E-state index contributed by atoms with van der Waals surface area (Å²) in [6.07, 6.45) is 1.34. The first kappa shape index (κ1) is 12.1. The summed E-state index contributed by atoms with van der Waals surface area (Å²) in [6.45, 7) is 3.40. The van der Waals surface area contributed by atoms with Crippen molar-refractivity contribution in [3.63, 3.8) is 0 Å². The van der Waals surface area contributed by atoms with Gasteiger partial charge < -0.3 is 14.9 Å². The number of carboxylic acids is 1. The highest BCUT2D eigenvalue weighted by atomic mass is 35.5. The third-order valence-electron chi connectivity index (χ3n) is 2.72. The molecule has 0 amide bonds. The van der Waals surface area contributed by atoms with Crippen molar-refractivity contribution in [2.75, 3.05) is 38.1 Å². The van der Waals surface area contributed by atoms with Crippen LogP contribution in [0, 0.1) is 0 Å². The quantitative estimate of drug-likeness (QED) is 0.835. The number of halogens is 1. The van der Waals surface area contributed by atoms with Gasteiger partial charge in [-0.05, 0) is 7.05 Å². The van der Waals surface area contributed by atoms with Crippen LogP contribution in [0.5, 0.6) is 0 Å². The molecule has 1 aliphatic heterocycles. The zero-order chi connectivity index (χ0) is 12.4. The Morgan fingerprint density at radius 3 is 2.65 bits per heavy atom. The van der Waals surface area contributed by atoms with E-state index >= 15 is 0 Å². The number of carboxylic acid groups (broad SMARTS) is 1. The lowest BCUT2D eigenvalue weighted by atomic mass is 10.3. The van der Waals surface area contributed by atoms with Crippen LogP contribution in [0.3, 0.4) is 0 Å². The molecule has 1 aliphatic rings. The van der Waals surface area contributed by atoms with Crippen molar-refractivity contribution in [1.29, 1.82) is 0 Å². The van der Waals surface area contributed by atoms with Crippen LogP contribution >= 0.6 is 11.6 Å². The molecule has 1 N–H and O–H groups in total. The van der Waals surface area contributed by atoms with Gasteiger partial charge in [-0.15, -0.1) is 0 Å². The highest BCUT2D eigenvalue weighted by molar-refractivity contribution is 6.33. The lowest BCUT2D eigenvalue weighted by molar-refractivity contribution is 0.0690. The van der Waals surface area contributed by atoms with Crippen molar-refractivity contribution in [3.05, 3.63) is 16.9 Å². The SMILES string of the molecule is CN1CCN(c2ncc(Cl)c(C(=O)O)n2)CC1. The van der Waals surface area contributed by atoms with Gasteiger partial charge in [-0.25, -0.2) is 14.8 Å². The van der Waals surface area contributed by atoms with E-state index in [9.17, 15) is 4.79 Å². The maximum atomic E-state index is 10.9. The van der Waals surface area contributed by atoms with Crippen LogP contribution in [-0.4, -0.2) is 59.2 Å². The Morgan fingerprint density at radius 1 is 1.41 bits per heavy atom. The van der Waals surface area contributed by atoms with Gasteiger partial charge in [0.25, 0.3) is 0 Å². The van der Waals surface area contributed by atoms with E-state index in [0.29, 0.717) is 5.95 Å². The maximum Gasteiger partial charge on any atom is 0.356 e. The van der Waals surface area contributed by atoms with E-state index in [-0.39, 0.29) is 10.7 Å². The van der Waals surface area contributed by atoms with Gasteiger partial charge in [0.1, 0.15) is 0 Å². The number of likely N-dealkylation sites (N-methyl/N-ethyl adjacent to an activating group) is 1. The van der Waals surface area contributed by atoms with Gasteiger partial charge in [0, 0.05) is 26.2 Å². The van der Waals surface area contributed by atoms with Gasteiger partial charge in [-0.3, -0.25) is 0 Å². The Bertz CT molecular complexity index is 432. The second-order valence-corrected chi connectivity index (χ2v) is 4.37. The fourth-order valence-corrected chi connectivity index (χ4v) is 1.84. The van der Waals surface area contributed by atoms with Gasteiger partial charge in [0.15, 0.2) is 5.69 Å². The molecule has 0 atom stereocenters. The molecule has 1 aromatic heterocycles. The number of aromatic carboxylic acids is 1. The van der Waals surface area contributed by atoms with Crippen LogP contribution in [-0.2, 0) is 0 Å². The molecule has 1 aromatic rings. The molecule has 2 rings (SSSR count). The predicted molar refractivity (Wildman–Crippen MR) is 63.7 cm³/mol. The van der Waals surface area contributed by atoms with E-state index < -0.39 is 5.97 Å². The van der Waals surface area contributed by atoms with Crippen LogP contribution < -0.4 is 4.90 Å². The molecule has 0 aromatic carbocycles. The summed E-state index contributed by atoms with van der Waals surface area (Å²) in [5, 5.41) is 8.99. The summed E-state index contributed by atoms with van der Waals surface area (Å²) in [6, 6.07) is 0. The van der Waals surface area contributed by atoms with Gasteiger partial charge in [0.2, 0.25) is 5.95 Å². The van der Waals surface area contributed by atoms with Crippen LogP contribution in [0.25, 0.3) is 0 Å². The zero-order valence-corrected chi connectivity index (χ0v) is 10.2. The summed E-state index contributed by atoms with van der Waals surface area (Å²) in [5.74, 6) is -0.701. The molecule has 7 heteroatoms. The first-order valence-electron chi connectivity index (χ1n) is 5.27. The minimum Gasteiger partial charge on any atom is -0.476 e. The maximum absolute atomic E-state index is 10.9. The fraction of sp³-hybridized carbons (Fsp3) is 0.500. The van der Waals surface area contributed by atoms with Crippen LogP contribution in [0.2, 0.25) is 5.02 Å². The average molecular weight is 257 g/mol. The lowest BCUT2D eigenvalue weighted by Gasteiger charge is -2.32. The van der Waals surface area contributed by atoms with E-state index in [2.05, 4.69) is 14.9 Å². The predicted octanol–water partition coefficient (Wildman–Crippen LogP) is 0.580. The summed E-state index contributed by atoms with van der Waals surface area (Å²) in [4.78, 5) is 23.1. The summed E-state index contributed by atoms with van der Waals surface area (Å²) in [5.41, 5.74) is -0.143. The van der Waals surface area contributed by atoms with Gasteiger partial charge in [-0.1, -0.05) is 11.6 Å². The van der Waals surface area contributed by atoms with E-state index in [1.165, 1.54) is 6.20 Å². The lowest BCUT2D eigenvalue weighted by Crippen LogP contribution is -2.45. The average Bonchev–Trinajstić information content (AvgIpc) is 2.30. The van der Waals surface area contributed by atoms with Crippen LogP contribution in [0.4, 0.5) is 5.95 Å². The number of anilines is 1. The van der Waals surface area contributed by atoms with E-state index in [1.54, 1.807) is 0 Å². The molecule has 1 fully saturated rings. The molecule has 1 saturated heterocycles. The normalized spacial score (nSPS) is 17.2. The van der Waals surface area contributed by atoms with Crippen LogP contribution in [0.1, 0.15) is 10.5 Å². The Morgan fingerprint density at radius 2 is 2.06 bits per heavy atom. The molecule has 0 unspecified atom stereocenters. The third kappa shape index (κ3) is 2.65. The first-order chi connectivity index (χ1) is 8.08. The smallest absolute Gasteiger partial charge is 0.356 e. The van der Waals surface area contributed by atoms with E-state index in [4.69, 9.17) is 16.7 Å². The van der Waals surface area contributed by atoms with Crippen molar-refractivity contribution in [2.24, 2.45) is 0 Å². The molecule has 17 heavy (non-hydrogen) atoms. The van der Waals surface area contributed by atoms with Crippen molar-refractivity contribution in [3.8, 4) is 0 Å². The summed E-state index contributed by atoms with van der Waals surface area (Å²) in [7, 11) is 2.04. The molecule has 2 heterocycles. The van der Waals surface area contributed by atoms with Crippen molar-refractivity contribution >= 4 is 23.5 Å². The second kappa shape index (κ2) is 4.85. The molecule has 0 saturated carbocycles. The first-order valence-corrected chi connectivity index (χ1v) is 5.65. The van der Waals surface area contributed by atoms with Gasteiger partial charge in [0.05, 0.1) is 11.2 Å². The van der Waals surface area contributed by atoms with Gasteiger partial charge >= 0.3 is 5.97 Å². The fourth-order valence-electron chi connectivity index (χ4n) is 1.67. The third-order valence-corrected chi connectivity index (χ3v) is 3.00. The number of piperazine rings is 1. The number of aromatic nitrogens is 2. The Hall–Kier alpha value is -1.40. The van der Waals surface area contributed by atoms with Crippen molar-refractivity contribution in [2.45, 2.75) is 0 Å². The largest absolute Gasteiger partial charge is 0.476 e. The van der Waals surface area contributed by atoms with E-state index in [1.807, 2.05) is 11.9 Å². The molecule has 0 spiro atoms. The number of nitrogens with zero attached hydrogens (tertiary/aromatic N) is 4. The molecule has 0 aliphatic carbocycles. The van der Waals surface area contributed by atoms with E-state index in [0.717, 1.165) is 26.2 Å². The standard InChI is InChI=1S/C10H13ClN4O2/c1-14-2-4-15(5-3-14)10-12-6-7(11)8(13-10)9(16)17/h6H,2-5H2,1H3,(H,16,17). The Kier molecular flexibility index (Phi) is 3.44. The highest BCUT2D eigenvalue weighted by Gasteiger charge is 2.19. The molecule has 0 radical (unpaired) electrons. The molecular formula is C10H13ClN4O2. The Balaban J connectivity index is 2.21. The topological polar surface area (TPSA) is 69.6 Å². The Labute approximate surface area is 104 Å². The number of hydrogen-bond donors (Lipinski definition) is 1. The molecular weight excluding hydrogens is 244 g/mol. The molecule has 6 nitrogen and oxygen atoms in total. The van der Waals surface area contributed by atoms with Crippen LogP contribution in [0.15, 0.2) is 6.20 Å². The minimum absolute atomic E-state index is 0.0652. The van der Waals surface area contributed by atoms with Gasteiger partial charge in [-0.2, -0.15) is 0 Å². The second-order valence-electron chi connectivity index (χ2n) is 3.96. The van der Waals surface area contributed by atoms with Crippen molar-refractivity contribution < 1.29 is 9.90 Å². The molecule has 0 bridgehead atoms. The highest BCUT2D eigenvalue weighted by Crippen LogP contribution is 2.17. The zero-order valence-electron chi connectivity index (χ0n) is 9.43. The number of hydrogen-bond acceptors (Lipinski definition) is 5. The van der Waals surface area contributed by atoms with Crippen molar-refractivity contribution in [1.82, 2.24) is 14.9 Å². The number of carbonyl (C=O) groups is 1. The number of rotatable bonds is 2. The minimum atomic E-state index is -1.13. The summed E-state index contributed by atoms with van der Waals surface area (Å²) >= 11 is 5.72. The summed E-state index contributed by atoms with van der Waals surface area (Å²) < 4.78 is 0. The monoisotopic (exact) mass is 256 g/mol.